The minimum Gasteiger partial charge on any atom is -0.339 e. The van der Waals surface area contributed by atoms with E-state index in [1.807, 2.05) is 17.8 Å². The summed E-state index contributed by atoms with van der Waals surface area (Å²) < 4.78 is 2.96. The smallest absolute Gasteiger partial charge is 0.119 e. The first-order valence-electron chi connectivity index (χ1n) is 1.92. The number of hydrogen-bond acceptors (Lipinski definition) is 1. The van der Waals surface area contributed by atoms with Crippen LogP contribution in [-0.4, -0.2) is 9.55 Å². The molecule has 0 saturated heterocycles. The van der Waals surface area contributed by atoms with E-state index in [2.05, 4.69) is 27.6 Å². The predicted octanol–water partition coefficient (Wildman–Crippen LogP) is 1.45. The predicted molar refractivity (Wildman–Crippen MR) is 43.2 cm³/mol. The zero-order chi connectivity index (χ0) is 5.28. The summed E-state index contributed by atoms with van der Waals surface area (Å²) in [5, 5.41) is 0. The number of rotatable bonds is 0. The van der Waals surface area contributed by atoms with Gasteiger partial charge in [-0.1, -0.05) is 0 Å². The fraction of sp³-hybridized carbons (Fsp3) is 0.250. The molecule has 0 fully saturated rings. The molecule has 0 aliphatic carbocycles. The Kier molecular flexibility index (Phi) is 3.39. The number of aryl methyl sites for hydroxylation is 1. The van der Waals surface area contributed by atoms with Crippen LogP contribution < -0.4 is 0 Å². The van der Waals surface area contributed by atoms with Crippen LogP contribution in [0.3, 0.4) is 0 Å². The van der Waals surface area contributed by atoms with Crippen LogP contribution in [0.5, 0.6) is 0 Å². The lowest BCUT2D eigenvalue weighted by atomic mass is 10.9. The Morgan fingerprint density at radius 1 is 1.75 bits per heavy atom. The molecular weight excluding hydrogens is 238 g/mol. The van der Waals surface area contributed by atoms with E-state index in [0.717, 1.165) is 3.70 Å². The standard InChI is InChI=1S/C4H5IN2.ClH/c1-7-2-4(5)6-3-7;/h2-3H,1H3;1H. The lowest BCUT2D eigenvalue weighted by molar-refractivity contribution is 0.913. The first kappa shape index (κ1) is 8.23. The van der Waals surface area contributed by atoms with Crippen molar-refractivity contribution in [2.24, 2.45) is 7.05 Å². The van der Waals surface area contributed by atoms with Crippen molar-refractivity contribution >= 4 is 35.0 Å². The van der Waals surface area contributed by atoms with Crippen LogP contribution >= 0.6 is 35.0 Å². The van der Waals surface area contributed by atoms with Gasteiger partial charge in [-0.2, -0.15) is 0 Å². The molecule has 1 aromatic rings. The average molecular weight is 244 g/mol. The average Bonchev–Trinajstić information content (AvgIpc) is 1.87. The molecule has 0 aromatic carbocycles. The molecule has 4 heteroatoms. The summed E-state index contributed by atoms with van der Waals surface area (Å²) in [4.78, 5) is 3.97. The molecule has 1 aromatic heterocycles. The SMILES string of the molecule is Cl.Cn1cnc(I)c1. The Morgan fingerprint density at radius 3 is 2.50 bits per heavy atom. The Morgan fingerprint density at radius 2 is 2.38 bits per heavy atom. The van der Waals surface area contributed by atoms with Crippen molar-refractivity contribution in [1.82, 2.24) is 9.55 Å². The first-order valence-corrected chi connectivity index (χ1v) is 3.00. The Balaban J connectivity index is 0.000000490. The lowest BCUT2D eigenvalue weighted by Gasteiger charge is -1.77. The van der Waals surface area contributed by atoms with Crippen LogP contribution in [0, 0.1) is 3.70 Å². The number of aromatic nitrogens is 2. The third-order valence-electron chi connectivity index (χ3n) is 0.673. The van der Waals surface area contributed by atoms with Crippen LogP contribution in [0.4, 0.5) is 0 Å². The van der Waals surface area contributed by atoms with Gasteiger partial charge in [0, 0.05) is 13.2 Å². The molecule has 0 amide bonds. The van der Waals surface area contributed by atoms with Crippen molar-refractivity contribution in [2.75, 3.05) is 0 Å². The van der Waals surface area contributed by atoms with E-state index in [4.69, 9.17) is 0 Å². The minimum atomic E-state index is 0. The number of nitrogens with zero attached hydrogens (tertiary/aromatic N) is 2. The molecule has 0 unspecified atom stereocenters. The Labute approximate surface area is 67.9 Å². The lowest BCUT2D eigenvalue weighted by Crippen LogP contribution is -1.76. The fourth-order valence-electron chi connectivity index (χ4n) is 0.381. The topological polar surface area (TPSA) is 17.8 Å². The maximum Gasteiger partial charge on any atom is 0.119 e. The molecule has 2 nitrogen and oxygen atoms in total. The maximum absolute atomic E-state index is 3.97. The summed E-state index contributed by atoms with van der Waals surface area (Å²) in [5.74, 6) is 0. The molecule has 0 aliphatic heterocycles. The second kappa shape index (κ2) is 3.29. The normalized spacial score (nSPS) is 8.25. The summed E-state index contributed by atoms with van der Waals surface area (Å²) >= 11 is 2.17. The molecular formula is C4H6ClIN2. The molecule has 0 bridgehead atoms. The summed E-state index contributed by atoms with van der Waals surface area (Å²) in [6.07, 6.45) is 3.74. The van der Waals surface area contributed by atoms with Gasteiger partial charge < -0.3 is 4.57 Å². The summed E-state index contributed by atoms with van der Waals surface area (Å²) in [6, 6.07) is 0. The van der Waals surface area contributed by atoms with Gasteiger partial charge in [-0.3, -0.25) is 0 Å². The molecule has 1 heterocycles. The van der Waals surface area contributed by atoms with Crippen LogP contribution in [0.15, 0.2) is 12.5 Å². The van der Waals surface area contributed by atoms with E-state index in [0.29, 0.717) is 0 Å². The quantitative estimate of drug-likeness (QED) is 0.632. The monoisotopic (exact) mass is 244 g/mol. The zero-order valence-corrected chi connectivity index (χ0v) is 7.31. The molecule has 46 valence electrons. The third kappa shape index (κ3) is 2.00. The third-order valence-corrected chi connectivity index (χ3v) is 1.23. The summed E-state index contributed by atoms with van der Waals surface area (Å²) in [6.45, 7) is 0. The highest BCUT2D eigenvalue weighted by Crippen LogP contribution is 1.95. The largest absolute Gasteiger partial charge is 0.339 e. The molecule has 0 saturated carbocycles. The first-order chi connectivity index (χ1) is 3.29. The van der Waals surface area contributed by atoms with E-state index < -0.39 is 0 Å². The van der Waals surface area contributed by atoms with Crippen molar-refractivity contribution in [3.05, 3.63) is 16.2 Å². The summed E-state index contributed by atoms with van der Waals surface area (Å²) in [5.41, 5.74) is 0. The van der Waals surface area contributed by atoms with Crippen molar-refractivity contribution in [1.29, 1.82) is 0 Å². The fourth-order valence-corrected chi connectivity index (χ4v) is 0.945. The molecule has 1 rings (SSSR count). The van der Waals surface area contributed by atoms with Crippen LogP contribution in [0.1, 0.15) is 0 Å². The summed E-state index contributed by atoms with van der Waals surface area (Å²) in [7, 11) is 1.95. The van der Waals surface area contributed by atoms with Gasteiger partial charge >= 0.3 is 0 Å². The minimum absolute atomic E-state index is 0. The van der Waals surface area contributed by atoms with Crippen molar-refractivity contribution in [3.63, 3.8) is 0 Å². The van der Waals surface area contributed by atoms with Gasteiger partial charge in [0.1, 0.15) is 3.70 Å². The van der Waals surface area contributed by atoms with Crippen LogP contribution in [-0.2, 0) is 7.05 Å². The van der Waals surface area contributed by atoms with E-state index in [-0.39, 0.29) is 12.4 Å². The van der Waals surface area contributed by atoms with Gasteiger partial charge in [0.25, 0.3) is 0 Å². The molecule has 8 heavy (non-hydrogen) atoms. The molecule has 0 N–H and O–H groups in total. The van der Waals surface area contributed by atoms with E-state index in [9.17, 15) is 0 Å². The number of imidazole rings is 1. The van der Waals surface area contributed by atoms with Gasteiger partial charge in [-0.25, -0.2) is 4.98 Å². The van der Waals surface area contributed by atoms with E-state index in [1.54, 1.807) is 6.33 Å². The van der Waals surface area contributed by atoms with E-state index >= 15 is 0 Å². The molecule has 0 radical (unpaired) electrons. The van der Waals surface area contributed by atoms with Gasteiger partial charge in [0.15, 0.2) is 0 Å². The molecule has 0 aliphatic rings. The second-order valence-electron chi connectivity index (χ2n) is 1.36. The van der Waals surface area contributed by atoms with Crippen molar-refractivity contribution < 1.29 is 0 Å². The van der Waals surface area contributed by atoms with Gasteiger partial charge in [-0.15, -0.1) is 12.4 Å². The Bertz CT molecular complexity index is 146. The zero-order valence-electron chi connectivity index (χ0n) is 4.34. The highest BCUT2D eigenvalue weighted by molar-refractivity contribution is 14.1. The molecule has 0 spiro atoms. The number of halogens is 2. The van der Waals surface area contributed by atoms with Gasteiger partial charge in [-0.05, 0) is 22.6 Å². The van der Waals surface area contributed by atoms with Crippen LogP contribution in [0.25, 0.3) is 0 Å². The van der Waals surface area contributed by atoms with Gasteiger partial charge in [0.2, 0.25) is 0 Å². The second-order valence-corrected chi connectivity index (χ2v) is 2.47. The highest BCUT2D eigenvalue weighted by atomic mass is 127. The van der Waals surface area contributed by atoms with Crippen molar-refractivity contribution in [2.45, 2.75) is 0 Å². The Hall–Kier alpha value is 0.230. The molecule has 0 atom stereocenters. The van der Waals surface area contributed by atoms with Gasteiger partial charge in [0.05, 0.1) is 6.33 Å². The number of hydrogen-bond donors (Lipinski definition) is 0. The highest BCUT2D eigenvalue weighted by Gasteiger charge is 1.83. The van der Waals surface area contributed by atoms with Crippen LogP contribution in [0.2, 0.25) is 0 Å². The van der Waals surface area contributed by atoms with Crippen molar-refractivity contribution in [3.8, 4) is 0 Å². The van der Waals surface area contributed by atoms with E-state index in [1.165, 1.54) is 0 Å². The maximum atomic E-state index is 3.97.